The van der Waals surface area contributed by atoms with E-state index >= 15 is 0 Å². The second-order valence-corrected chi connectivity index (χ2v) is 11.5. The minimum absolute atomic E-state index is 0.0149. The van der Waals surface area contributed by atoms with Crippen molar-refractivity contribution in [2.75, 3.05) is 28.4 Å². The number of aryl methyl sites for hydroxylation is 4. The third-order valence-corrected chi connectivity index (χ3v) is 9.41. The fourth-order valence-corrected chi connectivity index (χ4v) is 7.42. The zero-order chi connectivity index (χ0) is 32.0. The molecule has 0 saturated heterocycles. The molecule has 0 aromatic heterocycles. The average Bonchev–Trinajstić information content (AvgIpc) is 3.02. The Morgan fingerprint density at radius 1 is 0.432 bits per heavy atom. The Morgan fingerprint density at radius 2 is 0.614 bits per heavy atom. The van der Waals surface area contributed by atoms with Gasteiger partial charge in [-0.1, -0.05) is 70.7 Å². The summed E-state index contributed by atoms with van der Waals surface area (Å²) < 4.78 is 19.8. The zero-order valence-electron chi connectivity index (χ0n) is 23.9. The predicted molar refractivity (Wildman–Crippen MR) is 168 cm³/mol. The van der Waals surface area contributed by atoms with Crippen LogP contribution in [0.5, 0.6) is 0 Å². The van der Waals surface area contributed by atoms with Gasteiger partial charge in [0, 0.05) is 21.5 Å². The predicted octanol–water partition coefficient (Wildman–Crippen LogP) is 7.64. The fourth-order valence-electron chi connectivity index (χ4n) is 5.87. The van der Waals surface area contributed by atoms with Crippen LogP contribution >= 0.6 is 46.4 Å². The number of carbonyl (C=O) groups excluding carboxylic acids is 4. The Balaban J connectivity index is 1.86. The lowest BCUT2D eigenvalue weighted by atomic mass is 9.85. The largest absolute Gasteiger partial charge is 0.465 e. The maximum atomic E-state index is 12.9. The standard InChI is InChI=1S/C32H24Cl4O8/c1-41-29(37)21-22(30(38)42-2)26(34)18-14-6-5-13(17(18)25(21)33)9-10-15-7-8-16(12-11-14)20-19(15)27(35)23(31(39)43-3)24(28(20)36)32(40)44-4/h5-8H,9-12H2,1-4H3. The highest BCUT2D eigenvalue weighted by molar-refractivity contribution is 6.47. The Labute approximate surface area is 272 Å². The number of fused-ring (bicyclic) bond motifs is 4. The van der Waals surface area contributed by atoms with Gasteiger partial charge in [-0.3, -0.25) is 0 Å². The number of esters is 4. The highest BCUT2D eigenvalue weighted by Crippen LogP contribution is 2.45. The van der Waals surface area contributed by atoms with E-state index in [1.54, 1.807) is 0 Å². The molecule has 4 bridgehead atoms. The van der Waals surface area contributed by atoms with Gasteiger partial charge in [-0.05, 0) is 47.9 Å². The molecular formula is C32H24Cl4O8. The second kappa shape index (κ2) is 12.4. The van der Waals surface area contributed by atoms with E-state index in [1.165, 1.54) is 28.4 Å². The number of carbonyl (C=O) groups is 4. The van der Waals surface area contributed by atoms with Crippen molar-refractivity contribution in [3.05, 3.63) is 88.9 Å². The van der Waals surface area contributed by atoms with Crippen LogP contribution in [0.3, 0.4) is 0 Å². The summed E-state index contributed by atoms with van der Waals surface area (Å²) in [4.78, 5) is 51.6. The Kier molecular flexibility index (Phi) is 9.01. The molecular weight excluding hydrogens is 654 g/mol. The molecule has 0 unspecified atom stereocenters. The number of ether oxygens (including phenoxy) is 4. The molecule has 0 saturated carbocycles. The van der Waals surface area contributed by atoms with E-state index in [0.717, 1.165) is 22.3 Å². The van der Waals surface area contributed by atoms with Gasteiger partial charge in [0.05, 0.1) is 70.8 Å². The molecule has 12 heteroatoms. The Hall–Kier alpha value is -3.56. The first-order valence-electron chi connectivity index (χ1n) is 13.3. The molecule has 2 aliphatic rings. The van der Waals surface area contributed by atoms with Crippen LogP contribution in [0.2, 0.25) is 20.1 Å². The first-order valence-corrected chi connectivity index (χ1v) is 14.8. The second-order valence-electron chi connectivity index (χ2n) is 9.99. The van der Waals surface area contributed by atoms with Crippen LogP contribution < -0.4 is 0 Å². The van der Waals surface area contributed by atoms with Crippen molar-refractivity contribution in [2.24, 2.45) is 0 Å². The van der Waals surface area contributed by atoms with Gasteiger partial charge >= 0.3 is 23.9 Å². The van der Waals surface area contributed by atoms with Gasteiger partial charge in [-0.15, -0.1) is 0 Å². The molecule has 0 aliphatic heterocycles. The molecule has 228 valence electrons. The third kappa shape index (κ3) is 4.94. The van der Waals surface area contributed by atoms with Crippen molar-refractivity contribution in [3.8, 4) is 0 Å². The van der Waals surface area contributed by atoms with Crippen LogP contribution in [0.25, 0.3) is 21.5 Å². The summed E-state index contributed by atoms with van der Waals surface area (Å²) in [6.07, 6.45) is 1.50. The molecule has 0 atom stereocenters. The number of hydrogen-bond acceptors (Lipinski definition) is 8. The fraction of sp³-hybridized carbons (Fsp3) is 0.250. The van der Waals surface area contributed by atoms with Crippen LogP contribution in [0.15, 0.2) is 24.3 Å². The van der Waals surface area contributed by atoms with Crippen LogP contribution in [-0.4, -0.2) is 52.3 Å². The van der Waals surface area contributed by atoms with Crippen molar-refractivity contribution in [3.63, 3.8) is 0 Å². The molecule has 4 aromatic carbocycles. The van der Waals surface area contributed by atoms with Crippen molar-refractivity contribution in [2.45, 2.75) is 25.7 Å². The lowest BCUT2D eigenvalue weighted by Gasteiger charge is -2.22. The minimum atomic E-state index is -0.837. The van der Waals surface area contributed by atoms with Crippen molar-refractivity contribution in [1.82, 2.24) is 0 Å². The molecule has 2 aliphatic carbocycles. The van der Waals surface area contributed by atoms with E-state index < -0.39 is 23.9 Å². The smallest absolute Gasteiger partial charge is 0.340 e. The molecule has 8 nitrogen and oxygen atoms in total. The highest BCUT2D eigenvalue weighted by atomic mass is 35.5. The third-order valence-electron chi connectivity index (χ3n) is 7.90. The summed E-state index contributed by atoms with van der Waals surface area (Å²) in [7, 11) is 4.72. The van der Waals surface area contributed by atoms with Gasteiger partial charge < -0.3 is 18.9 Å². The topological polar surface area (TPSA) is 105 Å². The summed E-state index contributed by atoms with van der Waals surface area (Å²) in [6, 6.07) is 7.61. The monoisotopic (exact) mass is 676 g/mol. The molecule has 4 aromatic rings. The van der Waals surface area contributed by atoms with Crippen molar-refractivity contribution in [1.29, 1.82) is 0 Å². The lowest BCUT2D eigenvalue weighted by molar-refractivity contribution is 0.0556. The summed E-state index contributed by atoms with van der Waals surface area (Å²) >= 11 is 27.6. The summed E-state index contributed by atoms with van der Waals surface area (Å²) in [5.74, 6) is -3.35. The number of benzene rings is 4. The normalized spacial score (nSPS) is 12.5. The van der Waals surface area contributed by atoms with Gasteiger partial charge in [-0.2, -0.15) is 0 Å². The maximum Gasteiger partial charge on any atom is 0.340 e. The first kappa shape index (κ1) is 31.9. The number of methoxy groups -OCH3 is 4. The van der Waals surface area contributed by atoms with Crippen molar-refractivity contribution >= 4 is 91.8 Å². The van der Waals surface area contributed by atoms with Gasteiger partial charge in [0.2, 0.25) is 0 Å². The van der Waals surface area contributed by atoms with Gasteiger partial charge in [0.15, 0.2) is 0 Å². The Morgan fingerprint density at radius 3 is 0.773 bits per heavy atom. The van der Waals surface area contributed by atoms with Crippen LogP contribution in [-0.2, 0) is 44.6 Å². The quantitative estimate of drug-likeness (QED) is 0.160. The van der Waals surface area contributed by atoms with Crippen LogP contribution in [0.4, 0.5) is 0 Å². The first-order chi connectivity index (χ1) is 21.0. The minimum Gasteiger partial charge on any atom is -0.465 e. The number of halogens is 4. The molecule has 0 heterocycles. The number of hydrogen-bond donors (Lipinski definition) is 0. The van der Waals surface area contributed by atoms with E-state index in [0.29, 0.717) is 47.2 Å². The lowest BCUT2D eigenvalue weighted by Crippen LogP contribution is -2.16. The summed E-state index contributed by atoms with van der Waals surface area (Å²) in [5, 5.41) is 2.09. The molecule has 0 radical (unpaired) electrons. The Bertz CT molecular complexity index is 1660. The van der Waals surface area contributed by atoms with Gasteiger partial charge in [0.25, 0.3) is 0 Å². The molecule has 44 heavy (non-hydrogen) atoms. The highest BCUT2D eigenvalue weighted by Gasteiger charge is 2.33. The zero-order valence-corrected chi connectivity index (χ0v) is 26.9. The molecule has 0 fully saturated rings. The average molecular weight is 678 g/mol. The molecule has 0 N–H and O–H groups in total. The van der Waals surface area contributed by atoms with E-state index in [2.05, 4.69) is 0 Å². The molecule has 6 rings (SSSR count). The van der Waals surface area contributed by atoms with E-state index in [-0.39, 0.29) is 42.3 Å². The SMILES string of the molecule is COC(=O)c1c(C(=O)OC)c(Cl)c2c3ccc(c2c1Cl)CCc1ccc(c2c(Cl)c(C(=O)OC)c(C(=O)OC)c(Cl)c12)CC3. The van der Waals surface area contributed by atoms with E-state index in [1.807, 2.05) is 24.3 Å². The molecule has 0 spiro atoms. The van der Waals surface area contributed by atoms with Gasteiger partial charge in [0.1, 0.15) is 0 Å². The van der Waals surface area contributed by atoms with Crippen LogP contribution in [0.1, 0.15) is 63.7 Å². The summed E-state index contributed by atoms with van der Waals surface area (Å²) in [5.41, 5.74) is 2.18. The summed E-state index contributed by atoms with van der Waals surface area (Å²) in [6.45, 7) is 0. The van der Waals surface area contributed by atoms with E-state index in [9.17, 15) is 19.2 Å². The van der Waals surface area contributed by atoms with Crippen LogP contribution in [0, 0.1) is 0 Å². The van der Waals surface area contributed by atoms with Crippen molar-refractivity contribution < 1.29 is 38.1 Å². The van der Waals surface area contributed by atoms with Gasteiger partial charge in [-0.25, -0.2) is 19.2 Å². The van der Waals surface area contributed by atoms with E-state index in [4.69, 9.17) is 65.4 Å². The molecule has 0 amide bonds. The maximum absolute atomic E-state index is 12.9. The number of rotatable bonds is 4.